The minimum Gasteiger partial charge on any atom is -0.383 e. The van der Waals surface area contributed by atoms with Crippen LogP contribution in [0.2, 0.25) is 0 Å². The first-order valence-electron chi connectivity index (χ1n) is 6.57. The average molecular weight is 257 g/mol. The molecule has 1 N–H and O–H groups in total. The summed E-state index contributed by atoms with van der Waals surface area (Å²) in [5.41, 5.74) is 0. The predicted molar refractivity (Wildman–Crippen MR) is 73.3 cm³/mol. The Bertz CT molecular complexity index is 262. The van der Waals surface area contributed by atoms with E-state index in [0.717, 1.165) is 37.3 Å². The molecule has 2 saturated heterocycles. The zero-order valence-corrected chi connectivity index (χ0v) is 11.5. The van der Waals surface area contributed by atoms with Crippen LogP contribution < -0.4 is 5.32 Å². The zero-order valence-electron chi connectivity index (χ0n) is 10.7. The second-order valence-corrected chi connectivity index (χ2v) is 5.24. The molecule has 0 aromatic heterocycles. The molecule has 0 bridgehead atoms. The van der Waals surface area contributed by atoms with Gasteiger partial charge in [-0.05, 0) is 31.6 Å². The summed E-state index contributed by atoms with van der Waals surface area (Å²) in [5.74, 6) is 0. The molecule has 2 heterocycles. The fourth-order valence-electron chi connectivity index (χ4n) is 2.71. The molecule has 0 aromatic rings. The van der Waals surface area contributed by atoms with E-state index in [-0.39, 0.29) is 0 Å². The Morgan fingerprint density at radius 3 is 3.06 bits per heavy atom. The van der Waals surface area contributed by atoms with E-state index in [1.165, 1.54) is 25.8 Å². The molecule has 0 radical (unpaired) electrons. The molecule has 2 fully saturated rings. The molecule has 2 rings (SSSR count). The number of hydrogen-bond acceptors (Lipinski definition) is 3. The number of nitrogens with zero attached hydrogens (tertiary/aromatic N) is 2. The van der Waals surface area contributed by atoms with Crippen molar-refractivity contribution in [1.82, 2.24) is 15.1 Å². The predicted octanol–water partition coefficient (Wildman–Crippen LogP) is 0.677. The highest BCUT2D eigenvalue weighted by Crippen LogP contribution is 2.20. The van der Waals surface area contributed by atoms with Crippen LogP contribution in [0, 0.1) is 0 Å². The molecule has 98 valence electrons. The summed E-state index contributed by atoms with van der Waals surface area (Å²) in [6, 6.07) is 0.722. The number of methoxy groups -OCH3 is 1. The van der Waals surface area contributed by atoms with Crippen LogP contribution in [-0.4, -0.2) is 67.4 Å². The van der Waals surface area contributed by atoms with Gasteiger partial charge >= 0.3 is 0 Å². The number of thiocarbonyl (C=S) groups is 1. The van der Waals surface area contributed by atoms with Gasteiger partial charge < -0.3 is 15.0 Å². The van der Waals surface area contributed by atoms with Crippen LogP contribution >= 0.6 is 12.2 Å². The smallest absolute Gasteiger partial charge is 0.169 e. The standard InChI is InChI=1S/C12H23N3OS/c1-16-9-5-13-12(17)15-8-7-14-6-3-2-4-11(14)10-15/h11H,2-10H2,1H3,(H,13,17). The van der Waals surface area contributed by atoms with E-state index in [9.17, 15) is 0 Å². The molecule has 0 amide bonds. The average Bonchev–Trinajstić information content (AvgIpc) is 2.38. The summed E-state index contributed by atoms with van der Waals surface area (Å²) in [6.07, 6.45) is 4.07. The van der Waals surface area contributed by atoms with Crippen LogP contribution in [0.1, 0.15) is 19.3 Å². The largest absolute Gasteiger partial charge is 0.383 e. The maximum Gasteiger partial charge on any atom is 0.169 e. The van der Waals surface area contributed by atoms with E-state index < -0.39 is 0 Å². The summed E-state index contributed by atoms with van der Waals surface area (Å²) < 4.78 is 5.02. The van der Waals surface area contributed by atoms with Crippen molar-refractivity contribution in [3.05, 3.63) is 0 Å². The normalized spacial score (nSPS) is 25.5. The van der Waals surface area contributed by atoms with Gasteiger partial charge in [0.15, 0.2) is 5.11 Å². The number of fused-ring (bicyclic) bond motifs is 1. The Kier molecular flexibility index (Phi) is 5.00. The first kappa shape index (κ1) is 13.1. The molecule has 17 heavy (non-hydrogen) atoms. The van der Waals surface area contributed by atoms with Gasteiger partial charge in [-0.2, -0.15) is 0 Å². The van der Waals surface area contributed by atoms with Crippen molar-refractivity contribution in [2.24, 2.45) is 0 Å². The lowest BCUT2D eigenvalue weighted by atomic mass is 10.00. The molecule has 1 atom stereocenters. The molecule has 1 unspecified atom stereocenters. The SMILES string of the molecule is COCCNC(=S)N1CCN2CCCCC2C1. The fourth-order valence-corrected chi connectivity index (χ4v) is 2.98. The van der Waals surface area contributed by atoms with E-state index in [4.69, 9.17) is 17.0 Å². The first-order valence-corrected chi connectivity index (χ1v) is 6.98. The maximum atomic E-state index is 5.42. The van der Waals surface area contributed by atoms with Crippen LogP contribution in [0.3, 0.4) is 0 Å². The molecule has 2 aliphatic rings. The van der Waals surface area contributed by atoms with Crippen LogP contribution in [0.4, 0.5) is 0 Å². The van der Waals surface area contributed by atoms with Crippen molar-refractivity contribution < 1.29 is 4.74 Å². The highest BCUT2D eigenvalue weighted by atomic mass is 32.1. The van der Waals surface area contributed by atoms with Crippen LogP contribution in [0.5, 0.6) is 0 Å². The Morgan fingerprint density at radius 1 is 1.35 bits per heavy atom. The molecular formula is C12H23N3OS. The second-order valence-electron chi connectivity index (χ2n) is 4.86. The quantitative estimate of drug-likeness (QED) is 0.593. The van der Waals surface area contributed by atoms with Crippen LogP contribution in [-0.2, 0) is 4.74 Å². The number of piperidine rings is 1. The van der Waals surface area contributed by atoms with Gasteiger partial charge in [-0.3, -0.25) is 4.90 Å². The minimum atomic E-state index is 0.712. The monoisotopic (exact) mass is 257 g/mol. The van der Waals surface area contributed by atoms with E-state index in [2.05, 4.69) is 15.1 Å². The molecule has 0 saturated carbocycles. The highest BCUT2D eigenvalue weighted by molar-refractivity contribution is 7.80. The van der Waals surface area contributed by atoms with Gasteiger partial charge in [0, 0.05) is 39.3 Å². The third kappa shape index (κ3) is 3.53. The summed E-state index contributed by atoms with van der Waals surface area (Å²) in [5, 5.41) is 4.16. The topological polar surface area (TPSA) is 27.7 Å². The van der Waals surface area contributed by atoms with Gasteiger partial charge in [0.1, 0.15) is 0 Å². The second kappa shape index (κ2) is 6.52. The molecule has 2 aliphatic heterocycles. The summed E-state index contributed by atoms with van der Waals surface area (Å²) in [6.45, 7) is 6.12. The Morgan fingerprint density at radius 2 is 2.24 bits per heavy atom. The molecule has 0 aliphatic carbocycles. The summed E-state index contributed by atoms with van der Waals surface area (Å²) in [7, 11) is 1.71. The minimum absolute atomic E-state index is 0.712. The summed E-state index contributed by atoms with van der Waals surface area (Å²) >= 11 is 5.42. The first-order chi connectivity index (χ1) is 8.31. The molecular weight excluding hydrogens is 234 g/mol. The van der Waals surface area contributed by atoms with Crippen molar-refractivity contribution in [1.29, 1.82) is 0 Å². The lowest BCUT2D eigenvalue weighted by Crippen LogP contribution is -2.58. The van der Waals surface area contributed by atoms with Crippen molar-refractivity contribution in [3.63, 3.8) is 0 Å². The Balaban J connectivity index is 1.76. The number of piperazine rings is 1. The van der Waals surface area contributed by atoms with E-state index >= 15 is 0 Å². The van der Waals surface area contributed by atoms with Gasteiger partial charge in [0.05, 0.1) is 6.61 Å². The van der Waals surface area contributed by atoms with E-state index in [0.29, 0.717) is 6.61 Å². The lowest BCUT2D eigenvalue weighted by molar-refractivity contribution is 0.0796. The molecule has 0 spiro atoms. The van der Waals surface area contributed by atoms with Gasteiger partial charge in [-0.25, -0.2) is 0 Å². The van der Waals surface area contributed by atoms with Crippen molar-refractivity contribution in [3.8, 4) is 0 Å². The van der Waals surface area contributed by atoms with Crippen molar-refractivity contribution in [2.75, 3.05) is 46.4 Å². The third-order valence-corrected chi connectivity index (χ3v) is 4.11. The van der Waals surface area contributed by atoms with Gasteiger partial charge in [-0.15, -0.1) is 0 Å². The molecule has 5 heteroatoms. The number of ether oxygens (including phenoxy) is 1. The van der Waals surface area contributed by atoms with E-state index in [1.807, 2.05) is 0 Å². The lowest BCUT2D eigenvalue weighted by Gasteiger charge is -2.44. The van der Waals surface area contributed by atoms with Crippen LogP contribution in [0.15, 0.2) is 0 Å². The fraction of sp³-hybridized carbons (Fsp3) is 0.917. The number of rotatable bonds is 3. The van der Waals surface area contributed by atoms with E-state index in [1.54, 1.807) is 7.11 Å². The third-order valence-electron chi connectivity index (χ3n) is 3.71. The number of hydrogen-bond donors (Lipinski definition) is 1. The maximum absolute atomic E-state index is 5.42. The van der Waals surface area contributed by atoms with Crippen molar-refractivity contribution >= 4 is 17.3 Å². The Labute approximate surface area is 109 Å². The molecule has 4 nitrogen and oxygen atoms in total. The van der Waals surface area contributed by atoms with Crippen molar-refractivity contribution in [2.45, 2.75) is 25.3 Å². The Hall–Kier alpha value is -0.390. The van der Waals surface area contributed by atoms with Crippen LogP contribution in [0.25, 0.3) is 0 Å². The zero-order chi connectivity index (χ0) is 12.1. The number of nitrogens with one attached hydrogen (secondary N) is 1. The van der Waals surface area contributed by atoms with Gasteiger partial charge in [-0.1, -0.05) is 6.42 Å². The van der Waals surface area contributed by atoms with Gasteiger partial charge in [0.2, 0.25) is 0 Å². The highest BCUT2D eigenvalue weighted by Gasteiger charge is 2.29. The van der Waals surface area contributed by atoms with Gasteiger partial charge in [0.25, 0.3) is 0 Å². The molecule has 0 aromatic carbocycles. The summed E-state index contributed by atoms with van der Waals surface area (Å²) in [4.78, 5) is 4.94.